The van der Waals surface area contributed by atoms with Crippen LogP contribution in [0, 0.1) is 6.92 Å². The molecule has 0 saturated carbocycles. The molecule has 9 nitrogen and oxygen atoms in total. The molecule has 3 rings (SSSR count). The molecule has 1 atom stereocenters. The third-order valence-electron chi connectivity index (χ3n) is 3.66. The fourth-order valence-corrected chi connectivity index (χ4v) is 3.18. The predicted octanol–water partition coefficient (Wildman–Crippen LogP) is 1.65. The van der Waals surface area contributed by atoms with E-state index in [4.69, 9.17) is 0 Å². The third-order valence-corrected chi connectivity index (χ3v) is 4.55. The number of hydrogen-bond donors (Lipinski definition) is 1. The first-order chi connectivity index (χ1) is 12.6. The topological polar surface area (TPSA) is 112 Å². The van der Waals surface area contributed by atoms with E-state index in [2.05, 4.69) is 30.6 Å². The number of esters is 1. The Bertz CT molecular complexity index is 894. The molecule has 26 heavy (non-hydrogen) atoms. The number of aromatic nitrogens is 5. The summed E-state index contributed by atoms with van der Waals surface area (Å²) < 4.78 is 6.08. The summed E-state index contributed by atoms with van der Waals surface area (Å²) in [6.45, 7) is 1.74. The van der Waals surface area contributed by atoms with Gasteiger partial charge in [0.15, 0.2) is 10.8 Å². The summed E-state index contributed by atoms with van der Waals surface area (Å²) in [5, 5.41) is 14.1. The zero-order valence-electron chi connectivity index (χ0n) is 14.1. The maximum absolute atomic E-state index is 12.8. The van der Waals surface area contributed by atoms with Gasteiger partial charge in [-0.25, -0.2) is 14.5 Å². The van der Waals surface area contributed by atoms with E-state index in [1.54, 1.807) is 6.92 Å². The number of carbonyl (C=O) groups excluding carboxylic acids is 2. The molecule has 134 valence electrons. The van der Waals surface area contributed by atoms with Gasteiger partial charge in [0.2, 0.25) is 0 Å². The van der Waals surface area contributed by atoms with Crippen molar-refractivity contribution in [1.82, 2.24) is 25.2 Å². The molecule has 0 unspecified atom stereocenters. The second-order valence-electron chi connectivity index (χ2n) is 5.40. The van der Waals surface area contributed by atoms with Crippen molar-refractivity contribution in [2.24, 2.45) is 0 Å². The Morgan fingerprint density at radius 3 is 2.73 bits per heavy atom. The molecular formula is C16H16N6O3S. The lowest BCUT2D eigenvalue weighted by Gasteiger charge is -2.15. The van der Waals surface area contributed by atoms with Gasteiger partial charge in [-0.2, -0.15) is 0 Å². The van der Waals surface area contributed by atoms with Gasteiger partial charge in [-0.3, -0.25) is 4.79 Å². The van der Waals surface area contributed by atoms with Gasteiger partial charge in [0, 0.05) is 11.3 Å². The number of nitrogens with one attached hydrogen (secondary N) is 1. The van der Waals surface area contributed by atoms with E-state index in [9.17, 15) is 9.59 Å². The van der Waals surface area contributed by atoms with Gasteiger partial charge in [0.25, 0.3) is 5.91 Å². The van der Waals surface area contributed by atoms with Crippen LogP contribution in [0.1, 0.15) is 27.0 Å². The molecule has 0 aliphatic heterocycles. The molecule has 0 saturated heterocycles. The first-order valence-corrected chi connectivity index (χ1v) is 8.53. The Kier molecular flexibility index (Phi) is 5.32. The van der Waals surface area contributed by atoms with Crippen LogP contribution in [0.15, 0.2) is 36.7 Å². The summed E-state index contributed by atoms with van der Waals surface area (Å²) in [7, 11) is 1.28. The minimum absolute atomic E-state index is 0.190. The number of tetrazole rings is 1. The Morgan fingerprint density at radius 1 is 1.31 bits per heavy atom. The molecule has 0 aliphatic carbocycles. The van der Waals surface area contributed by atoms with Crippen LogP contribution < -0.4 is 5.32 Å². The van der Waals surface area contributed by atoms with Crippen molar-refractivity contribution in [3.05, 3.63) is 52.8 Å². The van der Waals surface area contributed by atoms with E-state index < -0.39 is 12.0 Å². The maximum atomic E-state index is 12.8. The number of ether oxygens (including phenoxy) is 1. The van der Waals surface area contributed by atoms with Crippen molar-refractivity contribution in [3.8, 4) is 0 Å². The van der Waals surface area contributed by atoms with Crippen molar-refractivity contribution in [1.29, 1.82) is 0 Å². The first-order valence-electron chi connectivity index (χ1n) is 7.71. The Hall–Kier alpha value is -3.14. The van der Waals surface area contributed by atoms with E-state index in [0.717, 1.165) is 5.56 Å². The maximum Gasteiger partial charge on any atom is 0.357 e. The van der Waals surface area contributed by atoms with Crippen molar-refractivity contribution in [3.63, 3.8) is 0 Å². The van der Waals surface area contributed by atoms with Crippen LogP contribution in [-0.2, 0) is 16.0 Å². The van der Waals surface area contributed by atoms with Gasteiger partial charge < -0.3 is 10.1 Å². The van der Waals surface area contributed by atoms with Crippen molar-refractivity contribution in [2.75, 3.05) is 12.4 Å². The monoisotopic (exact) mass is 372 g/mol. The van der Waals surface area contributed by atoms with Crippen molar-refractivity contribution >= 4 is 28.3 Å². The molecule has 2 aromatic heterocycles. The smallest absolute Gasteiger partial charge is 0.357 e. The molecule has 1 aromatic carbocycles. The van der Waals surface area contributed by atoms with E-state index in [1.807, 2.05) is 30.3 Å². The molecule has 1 amide bonds. The fourth-order valence-electron chi connectivity index (χ4n) is 2.38. The van der Waals surface area contributed by atoms with Gasteiger partial charge in [0.1, 0.15) is 12.4 Å². The Labute approximate surface area is 153 Å². The molecule has 0 spiro atoms. The van der Waals surface area contributed by atoms with Gasteiger partial charge >= 0.3 is 5.97 Å². The van der Waals surface area contributed by atoms with Crippen molar-refractivity contribution in [2.45, 2.75) is 19.4 Å². The highest BCUT2D eigenvalue weighted by Gasteiger charge is 2.24. The third kappa shape index (κ3) is 3.91. The summed E-state index contributed by atoms with van der Waals surface area (Å²) >= 11 is 1.20. The summed E-state index contributed by atoms with van der Waals surface area (Å²) in [4.78, 5) is 29.3. The molecule has 3 aromatic rings. The normalized spacial score (nSPS) is 11.8. The number of anilines is 1. The van der Waals surface area contributed by atoms with E-state index >= 15 is 0 Å². The highest BCUT2D eigenvalue weighted by Crippen LogP contribution is 2.24. The van der Waals surface area contributed by atoms with Crippen LogP contribution in [0.3, 0.4) is 0 Å². The Morgan fingerprint density at radius 2 is 2.08 bits per heavy atom. The zero-order valence-corrected chi connectivity index (χ0v) is 14.9. The summed E-state index contributed by atoms with van der Waals surface area (Å²) in [6.07, 6.45) is 1.80. The van der Waals surface area contributed by atoms with Crippen LogP contribution in [0.25, 0.3) is 0 Å². The number of hydrogen-bond acceptors (Lipinski definition) is 8. The minimum atomic E-state index is -0.654. The van der Waals surface area contributed by atoms with Crippen LogP contribution in [0.4, 0.5) is 5.13 Å². The quantitative estimate of drug-likeness (QED) is 0.655. The standard InChI is InChI=1S/C16H16N6O3S/c1-10-13(15(24)25-2)18-16(26-10)19-14(23)12(22-9-17-20-21-22)8-11-6-4-3-5-7-11/h3-7,9,12H,8H2,1-2H3,(H,18,19,23)/t12-/m0/s1. The molecule has 1 N–H and O–H groups in total. The minimum Gasteiger partial charge on any atom is -0.464 e. The molecule has 0 aliphatic rings. The van der Waals surface area contributed by atoms with Crippen LogP contribution in [0.5, 0.6) is 0 Å². The number of thiazole rings is 1. The summed E-state index contributed by atoms with van der Waals surface area (Å²) in [6, 6.07) is 8.90. The van der Waals surface area contributed by atoms with Gasteiger partial charge in [-0.15, -0.1) is 16.4 Å². The SMILES string of the molecule is COC(=O)c1nc(NC(=O)[C@H](Cc2ccccc2)n2cnnn2)sc1C. The van der Waals surface area contributed by atoms with E-state index in [-0.39, 0.29) is 11.6 Å². The van der Waals surface area contributed by atoms with Crippen molar-refractivity contribution < 1.29 is 14.3 Å². The lowest BCUT2D eigenvalue weighted by atomic mass is 10.1. The molecule has 0 radical (unpaired) electrons. The zero-order chi connectivity index (χ0) is 18.5. The number of carbonyl (C=O) groups is 2. The number of methoxy groups -OCH3 is 1. The lowest BCUT2D eigenvalue weighted by Crippen LogP contribution is -2.28. The Balaban J connectivity index is 1.81. The largest absolute Gasteiger partial charge is 0.464 e. The molecule has 0 bridgehead atoms. The van der Waals surface area contributed by atoms with Gasteiger partial charge in [-0.05, 0) is 22.9 Å². The van der Waals surface area contributed by atoms with Gasteiger partial charge in [0.05, 0.1) is 7.11 Å². The number of aryl methyl sites for hydroxylation is 1. The number of benzene rings is 1. The van der Waals surface area contributed by atoms with Crippen LogP contribution >= 0.6 is 11.3 Å². The molecular weight excluding hydrogens is 356 g/mol. The lowest BCUT2D eigenvalue weighted by molar-refractivity contribution is -0.119. The predicted molar refractivity (Wildman–Crippen MR) is 93.8 cm³/mol. The summed E-state index contributed by atoms with van der Waals surface area (Å²) in [5.74, 6) is -0.869. The molecule has 0 fully saturated rings. The van der Waals surface area contributed by atoms with Gasteiger partial charge in [-0.1, -0.05) is 30.3 Å². The van der Waals surface area contributed by atoms with E-state index in [1.165, 1.54) is 29.5 Å². The van der Waals surface area contributed by atoms with E-state index in [0.29, 0.717) is 16.4 Å². The average Bonchev–Trinajstić information content (AvgIpc) is 3.29. The number of rotatable bonds is 6. The average molecular weight is 372 g/mol. The second-order valence-corrected chi connectivity index (χ2v) is 6.60. The van der Waals surface area contributed by atoms with Crippen LogP contribution in [0.2, 0.25) is 0 Å². The first kappa shape index (κ1) is 17.7. The fraction of sp³-hybridized carbons (Fsp3) is 0.250. The molecule has 10 heteroatoms. The summed E-state index contributed by atoms with van der Waals surface area (Å²) in [5.41, 5.74) is 1.16. The van der Waals surface area contributed by atoms with Crippen LogP contribution in [-0.4, -0.2) is 44.2 Å². The number of amides is 1. The molecule has 2 heterocycles. The highest BCUT2D eigenvalue weighted by atomic mass is 32.1. The second kappa shape index (κ2) is 7.83. The number of nitrogens with zero attached hydrogens (tertiary/aromatic N) is 5. The highest BCUT2D eigenvalue weighted by molar-refractivity contribution is 7.16.